The summed E-state index contributed by atoms with van der Waals surface area (Å²) in [5, 5.41) is 2.72. The molecule has 1 N–H and O–H groups in total. The SMILES string of the molecule is CN1C(=O)COc2cc(NC(=O)CCN3C(=O)c4ccccc4C3=O)ccc21. The molecular weight excluding hydrogens is 362 g/mol. The number of ether oxygens (including phenoxy) is 1. The number of nitrogens with one attached hydrogen (secondary N) is 1. The van der Waals surface area contributed by atoms with Crippen LogP contribution in [-0.2, 0) is 9.59 Å². The summed E-state index contributed by atoms with van der Waals surface area (Å²) in [6.07, 6.45) is -0.0260. The van der Waals surface area contributed by atoms with Crippen molar-refractivity contribution in [3.05, 3.63) is 53.6 Å². The Balaban J connectivity index is 1.39. The number of fused-ring (bicyclic) bond motifs is 2. The van der Waals surface area contributed by atoms with Crippen molar-refractivity contribution in [1.82, 2.24) is 4.90 Å². The monoisotopic (exact) mass is 379 g/mol. The zero-order chi connectivity index (χ0) is 19.8. The predicted molar refractivity (Wildman–Crippen MR) is 100 cm³/mol. The summed E-state index contributed by atoms with van der Waals surface area (Å²) in [5.41, 5.74) is 1.85. The fourth-order valence-corrected chi connectivity index (χ4v) is 3.23. The third-order valence-electron chi connectivity index (χ3n) is 4.77. The average molecular weight is 379 g/mol. The Bertz CT molecular complexity index is 982. The number of carbonyl (C=O) groups excluding carboxylic acids is 4. The summed E-state index contributed by atoms with van der Waals surface area (Å²) in [7, 11) is 1.66. The van der Waals surface area contributed by atoms with Crippen LogP contribution in [0.15, 0.2) is 42.5 Å². The Hall–Kier alpha value is -3.68. The minimum atomic E-state index is -0.386. The second-order valence-corrected chi connectivity index (χ2v) is 6.53. The van der Waals surface area contributed by atoms with Gasteiger partial charge in [0.25, 0.3) is 17.7 Å². The van der Waals surface area contributed by atoms with Gasteiger partial charge in [-0.05, 0) is 24.3 Å². The van der Waals surface area contributed by atoms with Crippen LogP contribution in [0.3, 0.4) is 0 Å². The minimum absolute atomic E-state index is 0.00311. The van der Waals surface area contributed by atoms with Crippen LogP contribution in [0.4, 0.5) is 11.4 Å². The molecule has 0 aromatic heterocycles. The molecule has 4 rings (SSSR count). The number of hydrogen-bond donors (Lipinski definition) is 1. The Kier molecular flexibility index (Phi) is 4.31. The lowest BCUT2D eigenvalue weighted by atomic mass is 10.1. The van der Waals surface area contributed by atoms with E-state index in [9.17, 15) is 19.2 Å². The number of imide groups is 1. The van der Waals surface area contributed by atoms with E-state index < -0.39 is 0 Å². The molecule has 0 unspecified atom stereocenters. The molecule has 2 aromatic carbocycles. The number of likely N-dealkylation sites (N-methyl/N-ethyl adjacent to an activating group) is 1. The molecule has 0 atom stereocenters. The van der Waals surface area contributed by atoms with E-state index in [1.54, 1.807) is 49.5 Å². The van der Waals surface area contributed by atoms with Crippen molar-refractivity contribution in [3.63, 3.8) is 0 Å². The smallest absolute Gasteiger partial charge is 0.264 e. The normalized spacial score (nSPS) is 15.2. The van der Waals surface area contributed by atoms with E-state index in [0.717, 1.165) is 4.90 Å². The highest BCUT2D eigenvalue weighted by molar-refractivity contribution is 6.21. The van der Waals surface area contributed by atoms with Gasteiger partial charge in [0.15, 0.2) is 6.61 Å². The standard InChI is InChI=1S/C20H17N3O5/c1-22-15-7-6-12(10-16(15)28-11-18(22)25)21-17(24)8-9-23-19(26)13-4-2-3-5-14(13)20(23)27/h2-7,10H,8-9,11H2,1H3,(H,21,24). The molecule has 0 radical (unpaired) electrons. The van der Waals surface area contributed by atoms with Crippen LogP contribution in [-0.4, -0.2) is 48.7 Å². The number of nitrogens with zero attached hydrogens (tertiary/aromatic N) is 2. The van der Waals surface area contributed by atoms with Gasteiger partial charge in [0, 0.05) is 31.8 Å². The molecule has 2 aliphatic heterocycles. The van der Waals surface area contributed by atoms with Gasteiger partial charge in [-0.1, -0.05) is 12.1 Å². The van der Waals surface area contributed by atoms with Crippen LogP contribution >= 0.6 is 0 Å². The quantitative estimate of drug-likeness (QED) is 0.815. The summed E-state index contributed by atoms with van der Waals surface area (Å²) < 4.78 is 5.39. The van der Waals surface area contributed by atoms with Gasteiger partial charge in [-0.3, -0.25) is 24.1 Å². The largest absolute Gasteiger partial charge is 0.481 e. The van der Waals surface area contributed by atoms with Crippen LogP contribution in [0.1, 0.15) is 27.1 Å². The van der Waals surface area contributed by atoms with Crippen molar-refractivity contribution in [3.8, 4) is 5.75 Å². The van der Waals surface area contributed by atoms with Crippen molar-refractivity contribution < 1.29 is 23.9 Å². The van der Waals surface area contributed by atoms with Gasteiger partial charge >= 0.3 is 0 Å². The van der Waals surface area contributed by atoms with E-state index in [-0.39, 0.29) is 43.2 Å². The van der Waals surface area contributed by atoms with Crippen molar-refractivity contribution in [2.75, 3.05) is 30.4 Å². The second kappa shape index (κ2) is 6.80. The van der Waals surface area contributed by atoms with Crippen LogP contribution in [0.2, 0.25) is 0 Å². The third kappa shape index (κ3) is 2.98. The molecule has 142 valence electrons. The van der Waals surface area contributed by atoms with Gasteiger partial charge in [0.1, 0.15) is 5.75 Å². The first-order chi connectivity index (χ1) is 13.5. The molecule has 0 aliphatic carbocycles. The fourth-order valence-electron chi connectivity index (χ4n) is 3.23. The molecule has 0 fully saturated rings. The maximum absolute atomic E-state index is 12.3. The number of carbonyl (C=O) groups is 4. The molecule has 8 heteroatoms. The average Bonchev–Trinajstić information content (AvgIpc) is 2.94. The number of benzene rings is 2. The molecule has 4 amide bonds. The molecular formula is C20H17N3O5. The molecule has 8 nitrogen and oxygen atoms in total. The van der Waals surface area contributed by atoms with Gasteiger partial charge in [0.05, 0.1) is 16.8 Å². The zero-order valence-corrected chi connectivity index (χ0v) is 15.1. The van der Waals surface area contributed by atoms with Crippen LogP contribution < -0.4 is 15.0 Å². The van der Waals surface area contributed by atoms with Crippen molar-refractivity contribution in [2.24, 2.45) is 0 Å². The zero-order valence-electron chi connectivity index (χ0n) is 15.1. The minimum Gasteiger partial charge on any atom is -0.481 e. The molecule has 0 saturated carbocycles. The van der Waals surface area contributed by atoms with Crippen molar-refractivity contribution >= 4 is 35.0 Å². The fraction of sp³-hybridized carbons (Fsp3) is 0.200. The highest BCUT2D eigenvalue weighted by atomic mass is 16.5. The molecule has 28 heavy (non-hydrogen) atoms. The Morgan fingerprint density at radius 1 is 1.07 bits per heavy atom. The number of rotatable bonds is 4. The number of amides is 4. The molecule has 0 spiro atoms. The first-order valence-corrected chi connectivity index (χ1v) is 8.74. The van der Waals surface area contributed by atoms with E-state index in [4.69, 9.17) is 4.74 Å². The number of anilines is 2. The molecule has 2 heterocycles. The lowest BCUT2D eigenvalue weighted by Gasteiger charge is -2.26. The maximum Gasteiger partial charge on any atom is 0.264 e. The Labute approximate surface area is 160 Å². The predicted octanol–water partition coefficient (Wildman–Crippen LogP) is 1.67. The Morgan fingerprint density at radius 2 is 1.75 bits per heavy atom. The Morgan fingerprint density at radius 3 is 2.43 bits per heavy atom. The highest BCUT2D eigenvalue weighted by Gasteiger charge is 2.35. The lowest BCUT2D eigenvalue weighted by molar-refractivity contribution is -0.121. The van der Waals surface area contributed by atoms with Crippen LogP contribution in [0, 0.1) is 0 Å². The maximum atomic E-state index is 12.3. The summed E-state index contributed by atoms with van der Waals surface area (Å²) in [4.78, 5) is 51.1. The van der Waals surface area contributed by atoms with E-state index in [1.165, 1.54) is 4.90 Å². The molecule has 2 aliphatic rings. The summed E-state index contributed by atoms with van der Waals surface area (Å²) in [5.74, 6) is -0.756. The van der Waals surface area contributed by atoms with Gasteiger partial charge < -0.3 is 15.0 Å². The highest BCUT2D eigenvalue weighted by Crippen LogP contribution is 2.33. The topological polar surface area (TPSA) is 96.0 Å². The van der Waals surface area contributed by atoms with E-state index >= 15 is 0 Å². The first kappa shape index (κ1) is 17.7. The van der Waals surface area contributed by atoms with Gasteiger partial charge in [-0.25, -0.2) is 0 Å². The van der Waals surface area contributed by atoms with E-state index in [1.807, 2.05) is 0 Å². The first-order valence-electron chi connectivity index (χ1n) is 8.74. The van der Waals surface area contributed by atoms with Crippen LogP contribution in [0.25, 0.3) is 0 Å². The van der Waals surface area contributed by atoms with Gasteiger partial charge in [-0.15, -0.1) is 0 Å². The van der Waals surface area contributed by atoms with Gasteiger partial charge in [0.2, 0.25) is 5.91 Å². The molecule has 2 aromatic rings. The lowest BCUT2D eigenvalue weighted by Crippen LogP contribution is -2.35. The van der Waals surface area contributed by atoms with E-state index in [2.05, 4.69) is 5.32 Å². The summed E-state index contributed by atoms with van der Waals surface area (Å²) in [6, 6.07) is 11.6. The summed E-state index contributed by atoms with van der Waals surface area (Å²) >= 11 is 0. The molecule has 0 saturated heterocycles. The van der Waals surface area contributed by atoms with Crippen LogP contribution in [0.5, 0.6) is 5.75 Å². The third-order valence-corrected chi connectivity index (χ3v) is 4.77. The van der Waals surface area contributed by atoms with Crippen molar-refractivity contribution in [2.45, 2.75) is 6.42 Å². The molecule has 0 bridgehead atoms. The number of hydrogen-bond acceptors (Lipinski definition) is 5. The summed E-state index contributed by atoms with van der Waals surface area (Å²) in [6.45, 7) is -0.0580. The van der Waals surface area contributed by atoms with Crippen molar-refractivity contribution in [1.29, 1.82) is 0 Å². The second-order valence-electron chi connectivity index (χ2n) is 6.53. The van der Waals surface area contributed by atoms with E-state index in [0.29, 0.717) is 28.3 Å². The van der Waals surface area contributed by atoms with Gasteiger partial charge in [-0.2, -0.15) is 0 Å².